The number of allylic oxidation sites excluding steroid dienone is 3. The van der Waals surface area contributed by atoms with Crippen molar-refractivity contribution in [2.45, 2.75) is 60.4 Å². The molecule has 1 atom stereocenters. The van der Waals surface area contributed by atoms with Crippen LogP contribution in [0.25, 0.3) is 0 Å². The second-order valence-electron chi connectivity index (χ2n) is 6.54. The van der Waals surface area contributed by atoms with Gasteiger partial charge in [0.25, 0.3) is 0 Å². The van der Waals surface area contributed by atoms with Crippen molar-refractivity contribution < 1.29 is 4.79 Å². The summed E-state index contributed by atoms with van der Waals surface area (Å²) in [6.45, 7) is 15.5. The average molecular weight is 403 g/mol. The lowest BCUT2D eigenvalue weighted by Crippen LogP contribution is -2.14. The second kappa shape index (κ2) is 14.9. The summed E-state index contributed by atoms with van der Waals surface area (Å²) in [6, 6.07) is 8.37. The highest BCUT2D eigenvalue weighted by Gasteiger charge is 2.04. The number of hydrogen-bond donors (Lipinski definition) is 1. The molecule has 1 aromatic carbocycles. The molecule has 0 heterocycles. The first kappa shape index (κ1) is 25.9. The van der Waals surface area contributed by atoms with Crippen molar-refractivity contribution in [2.24, 2.45) is 4.99 Å². The molecule has 0 amide bonds. The van der Waals surface area contributed by atoms with Gasteiger partial charge in [-0.3, -0.25) is 9.79 Å². The monoisotopic (exact) mass is 402 g/mol. The van der Waals surface area contributed by atoms with Crippen LogP contribution in [0, 0.1) is 0 Å². The molecule has 0 fully saturated rings. The zero-order valence-corrected chi connectivity index (χ0v) is 18.9. The van der Waals surface area contributed by atoms with Crippen molar-refractivity contribution in [1.29, 1.82) is 0 Å². The molecule has 0 radical (unpaired) electrons. The smallest absolute Gasteiger partial charge is 0.177 e. The van der Waals surface area contributed by atoms with Gasteiger partial charge >= 0.3 is 0 Å². The Morgan fingerprint density at radius 3 is 2.29 bits per heavy atom. The third kappa shape index (κ3) is 10.3. The molecule has 0 aliphatic rings. The van der Waals surface area contributed by atoms with E-state index >= 15 is 0 Å². The normalized spacial score (nSPS) is 13.3. The minimum Gasteiger partial charge on any atom is -0.378 e. The number of nitrogens with zero attached hydrogens (tertiary/aromatic N) is 1. The Kier molecular flexibility index (Phi) is 13.7. The fourth-order valence-electron chi connectivity index (χ4n) is 2.38. The van der Waals surface area contributed by atoms with Crippen molar-refractivity contribution in [2.75, 3.05) is 11.9 Å². The minimum atomic E-state index is 0.0868. The summed E-state index contributed by atoms with van der Waals surface area (Å²) in [5, 5.41) is 3.92. The van der Waals surface area contributed by atoms with E-state index in [-0.39, 0.29) is 11.8 Å². The molecule has 1 rings (SSSR count). The van der Waals surface area contributed by atoms with Crippen LogP contribution in [0.15, 0.2) is 63.7 Å². The first-order valence-electron chi connectivity index (χ1n) is 9.74. The number of rotatable bonds is 9. The molecule has 3 nitrogen and oxygen atoms in total. The molecule has 28 heavy (non-hydrogen) atoms. The number of nitrogens with one attached hydrogen (secondary N) is 1. The summed E-state index contributed by atoms with van der Waals surface area (Å²) in [7, 11) is 0. The Morgan fingerprint density at radius 2 is 1.86 bits per heavy atom. The molecule has 1 unspecified atom stereocenters. The van der Waals surface area contributed by atoms with Gasteiger partial charge in [-0.05, 0) is 76.6 Å². The summed E-state index contributed by atoms with van der Waals surface area (Å²) in [6.07, 6.45) is 8.02. The summed E-state index contributed by atoms with van der Waals surface area (Å²) in [5.74, 6) is 0.144. The van der Waals surface area contributed by atoms with Crippen LogP contribution in [-0.4, -0.2) is 25.1 Å². The van der Waals surface area contributed by atoms with Crippen LogP contribution in [0.2, 0.25) is 0 Å². The van der Waals surface area contributed by atoms with E-state index in [4.69, 9.17) is 11.6 Å². The first-order chi connectivity index (χ1) is 13.3. The van der Waals surface area contributed by atoms with E-state index in [1.807, 2.05) is 65.0 Å². The maximum absolute atomic E-state index is 11.6. The Labute approximate surface area is 176 Å². The highest BCUT2D eigenvalue weighted by atomic mass is 35.5. The number of carbonyl (C=O) groups is 1. The second-order valence-corrected chi connectivity index (χ2v) is 7.11. The predicted molar refractivity (Wildman–Crippen MR) is 126 cm³/mol. The number of carbonyl (C=O) groups excluding carboxylic acids is 1. The van der Waals surface area contributed by atoms with E-state index in [0.717, 1.165) is 34.7 Å². The van der Waals surface area contributed by atoms with Crippen molar-refractivity contribution in [3.8, 4) is 0 Å². The van der Waals surface area contributed by atoms with E-state index < -0.39 is 0 Å². The molecule has 1 N–H and O–H groups in total. The molecule has 0 spiro atoms. The summed E-state index contributed by atoms with van der Waals surface area (Å²) in [5.41, 5.74) is 4.18. The van der Waals surface area contributed by atoms with E-state index in [1.165, 1.54) is 5.56 Å². The van der Waals surface area contributed by atoms with E-state index in [9.17, 15) is 4.79 Å². The van der Waals surface area contributed by atoms with Gasteiger partial charge in [-0.2, -0.15) is 0 Å². The van der Waals surface area contributed by atoms with Crippen LogP contribution >= 0.6 is 11.6 Å². The maximum atomic E-state index is 11.6. The van der Waals surface area contributed by atoms with Gasteiger partial charge in [0.2, 0.25) is 0 Å². The molecule has 0 saturated heterocycles. The van der Waals surface area contributed by atoms with E-state index in [2.05, 4.69) is 36.1 Å². The standard InChI is InChI=1S/C15H21NO.C9H14ClN/c1-4-6-13-7-9-14(10-8-13)16-11-15(17)12(3)5-2;1-5-6-9(7(2)10)8(3)11-4/h5,7-10,16H,4,6,11H2,1-3H3;5-6,8H,4H2,1-3H3/b12-5+;6-5-,9-7-. The van der Waals surface area contributed by atoms with Gasteiger partial charge in [0.05, 0.1) is 12.6 Å². The molecule has 0 aliphatic carbocycles. The number of Topliss-reactive ketones (excluding diaryl/α,β-unsaturated/α-hetero) is 1. The summed E-state index contributed by atoms with van der Waals surface area (Å²) in [4.78, 5) is 15.5. The van der Waals surface area contributed by atoms with Gasteiger partial charge in [0.1, 0.15) is 0 Å². The number of hydrogen-bond acceptors (Lipinski definition) is 3. The lowest BCUT2D eigenvalue weighted by atomic mass is 10.1. The molecular formula is C24H35ClN2O. The molecule has 154 valence electrons. The molecule has 0 aliphatic heterocycles. The topological polar surface area (TPSA) is 41.5 Å². The number of aryl methyl sites for hydroxylation is 1. The highest BCUT2D eigenvalue weighted by molar-refractivity contribution is 6.29. The van der Waals surface area contributed by atoms with Gasteiger partial charge in [0, 0.05) is 10.7 Å². The van der Waals surface area contributed by atoms with Crippen molar-refractivity contribution in [3.05, 3.63) is 64.2 Å². The lowest BCUT2D eigenvalue weighted by Gasteiger charge is -2.07. The Morgan fingerprint density at radius 1 is 1.25 bits per heavy atom. The number of benzene rings is 1. The Bertz CT molecular complexity index is 696. The molecule has 0 saturated carbocycles. The first-order valence-corrected chi connectivity index (χ1v) is 10.1. The fraction of sp³-hybridized carbons (Fsp3) is 0.417. The SMILES string of the molecule is C/C=C(\C)C(=O)CNc1ccc(CCC)cc1.C=NC(C)C(/C=C\C)=C(/C)Cl. The lowest BCUT2D eigenvalue weighted by molar-refractivity contribution is -0.113. The maximum Gasteiger partial charge on any atom is 0.177 e. The number of aliphatic imine (C=N–C) groups is 1. The third-order valence-electron chi connectivity index (χ3n) is 4.29. The third-order valence-corrected chi connectivity index (χ3v) is 4.50. The number of ketones is 1. The van der Waals surface area contributed by atoms with Crippen molar-refractivity contribution in [3.63, 3.8) is 0 Å². The summed E-state index contributed by atoms with van der Waals surface area (Å²) >= 11 is 5.84. The average Bonchev–Trinajstić information content (AvgIpc) is 2.70. The summed E-state index contributed by atoms with van der Waals surface area (Å²) < 4.78 is 0. The predicted octanol–water partition coefficient (Wildman–Crippen LogP) is 6.75. The van der Waals surface area contributed by atoms with Gasteiger partial charge in [-0.25, -0.2) is 0 Å². The highest BCUT2D eigenvalue weighted by Crippen LogP contribution is 2.16. The van der Waals surface area contributed by atoms with E-state index in [0.29, 0.717) is 6.54 Å². The molecule has 4 heteroatoms. The van der Waals surface area contributed by atoms with Crippen molar-refractivity contribution >= 4 is 29.8 Å². The number of anilines is 1. The van der Waals surface area contributed by atoms with Gasteiger partial charge in [-0.15, -0.1) is 0 Å². The van der Waals surface area contributed by atoms with Crippen LogP contribution in [0.1, 0.15) is 53.5 Å². The van der Waals surface area contributed by atoms with E-state index in [1.54, 1.807) is 0 Å². The Hall–Kier alpha value is -2.13. The number of halogens is 1. The van der Waals surface area contributed by atoms with Crippen LogP contribution in [0.3, 0.4) is 0 Å². The van der Waals surface area contributed by atoms with Crippen molar-refractivity contribution in [1.82, 2.24) is 0 Å². The zero-order chi connectivity index (χ0) is 21.5. The van der Waals surface area contributed by atoms with Crippen LogP contribution in [0.4, 0.5) is 5.69 Å². The van der Waals surface area contributed by atoms with Crippen LogP contribution in [-0.2, 0) is 11.2 Å². The van der Waals surface area contributed by atoms with Gasteiger partial charge in [0.15, 0.2) is 5.78 Å². The van der Waals surface area contributed by atoms with Gasteiger partial charge in [-0.1, -0.05) is 55.3 Å². The van der Waals surface area contributed by atoms with Crippen LogP contribution in [0.5, 0.6) is 0 Å². The van der Waals surface area contributed by atoms with Gasteiger partial charge < -0.3 is 5.32 Å². The molecule has 0 bridgehead atoms. The van der Waals surface area contributed by atoms with Crippen LogP contribution < -0.4 is 5.32 Å². The molecule has 1 aromatic rings. The molecular weight excluding hydrogens is 368 g/mol. The molecule has 0 aromatic heterocycles. The minimum absolute atomic E-state index is 0.0868. The zero-order valence-electron chi connectivity index (χ0n) is 18.2. The quantitative estimate of drug-likeness (QED) is 0.282. The fourth-order valence-corrected chi connectivity index (χ4v) is 2.60. The Balaban J connectivity index is 0.000000576. The largest absolute Gasteiger partial charge is 0.378 e.